The van der Waals surface area contributed by atoms with Crippen molar-refractivity contribution in [3.63, 3.8) is 0 Å². The fraction of sp³-hybridized carbons (Fsp3) is 0.643. The SMILES string of the molecule is CCCN(CC1CCNCC1)c1ncc(Cl)cc1Br. The highest BCUT2D eigenvalue weighted by Crippen LogP contribution is 2.28. The Morgan fingerprint density at radius 3 is 2.84 bits per heavy atom. The normalized spacial score (nSPS) is 16.6. The molecule has 0 atom stereocenters. The van der Waals surface area contributed by atoms with Gasteiger partial charge in [-0.25, -0.2) is 4.98 Å². The zero-order valence-corrected chi connectivity index (χ0v) is 13.7. The predicted molar refractivity (Wildman–Crippen MR) is 85.0 cm³/mol. The first-order chi connectivity index (χ1) is 9.20. The van der Waals surface area contributed by atoms with Crippen LogP contribution in [0, 0.1) is 5.92 Å². The second-order valence-corrected chi connectivity index (χ2v) is 6.39. The third-order valence-electron chi connectivity index (χ3n) is 3.52. The van der Waals surface area contributed by atoms with Crippen molar-refractivity contribution in [2.75, 3.05) is 31.1 Å². The van der Waals surface area contributed by atoms with Crippen LogP contribution in [0.2, 0.25) is 5.02 Å². The van der Waals surface area contributed by atoms with Crippen LogP contribution in [-0.4, -0.2) is 31.2 Å². The van der Waals surface area contributed by atoms with Gasteiger partial charge in [0.2, 0.25) is 0 Å². The minimum absolute atomic E-state index is 0.675. The maximum atomic E-state index is 5.97. The molecule has 3 nitrogen and oxygen atoms in total. The van der Waals surface area contributed by atoms with Gasteiger partial charge in [-0.3, -0.25) is 0 Å². The van der Waals surface area contributed by atoms with Crippen LogP contribution in [0.5, 0.6) is 0 Å². The molecular weight excluding hydrogens is 326 g/mol. The third kappa shape index (κ3) is 4.33. The van der Waals surface area contributed by atoms with E-state index in [1.54, 1.807) is 6.20 Å². The highest BCUT2D eigenvalue weighted by atomic mass is 79.9. The number of piperidine rings is 1. The number of pyridine rings is 1. The van der Waals surface area contributed by atoms with Gasteiger partial charge in [0.15, 0.2) is 0 Å². The zero-order valence-electron chi connectivity index (χ0n) is 11.3. The summed E-state index contributed by atoms with van der Waals surface area (Å²) in [6.07, 6.45) is 5.37. The minimum atomic E-state index is 0.675. The van der Waals surface area contributed by atoms with Crippen LogP contribution in [0.3, 0.4) is 0 Å². The van der Waals surface area contributed by atoms with Gasteiger partial charge in [0.25, 0.3) is 0 Å². The van der Waals surface area contributed by atoms with Crippen molar-refractivity contribution in [2.24, 2.45) is 5.92 Å². The van der Waals surface area contributed by atoms with Gasteiger partial charge in [0, 0.05) is 19.3 Å². The summed E-state index contributed by atoms with van der Waals surface area (Å²) < 4.78 is 0.988. The van der Waals surface area contributed by atoms with Gasteiger partial charge in [0.1, 0.15) is 5.82 Å². The lowest BCUT2D eigenvalue weighted by atomic mass is 9.97. The van der Waals surface area contributed by atoms with Gasteiger partial charge in [0.05, 0.1) is 9.50 Å². The molecule has 1 saturated heterocycles. The molecule has 0 radical (unpaired) electrons. The van der Waals surface area contributed by atoms with Crippen LogP contribution in [0.15, 0.2) is 16.7 Å². The third-order valence-corrected chi connectivity index (χ3v) is 4.31. The Hall–Kier alpha value is -0.320. The first-order valence-corrected chi connectivity index (χ1v) is 8.14. The van der Waals surface area contributed by atoms with Crippen molar-refractivity contribution in [2.45, 2.75) is 26.2 Å². The Bertz CT molecular complexity index is 408. The van der Waals surface area contributed by atoms with Crippen LogP contribution >= 0.6 is 27.5 Å². The molecule has 106 valence electrons. The molecule has 1 N–H and O–H groups in total. The average molecular weight is 347 g/mol. The van der Waals surface area contributed by atoms with Gasteiger partial charge in [-0.15, -0.1) is 0 Å². The maximum absolute atomic E-state index is 5.97. The summed E-state index contributed by atoms with van der Waals surface area (Å²) in [5, 5.41) is 4.09. The molecule has 0 spiro atoms. The topological polar surface area (TPSA) is 28.2 Å². The Morgan fingerprint density at radius 1 is 1.47 bits per heavy atom. The molecule has 1 aromatic rings. The fourth-order valence-electron chi connectivity index (χ4n) is 2.57. The molecule has 5 heteroatoms. The maximum Gasteiger partial charge on any atom is 0.142 e. The number of anilines is 1. The van der Waals surface area contributed by atoms with E-state index in [0.29, 0.717) is 5.02 Å². The molecular formula is C14H21BrClN3. The Morgan fingerprint density at radius 2 is 2.21 bits per heavy atom. The van der Waals surface area contributed by atoms with Gasteiger partial charge < -0.3 is 10.2 Å². The highest BCUT2D eigenvalue weighted by Gasteiger charge is 2.19. The molecule has 0 saturated carbocycles. The molecule has 1 aliphatic rings. The van der Waals surface area contributed by atoms with Crippen LogP contribution in [0.4, 0.5) is 5.82 Å². The lowest BCUT2D eigenvalue weighted by Gasteiger charge is -2.31. The zero-order chi connectivity index (χ0) is 13.7. The standard InChI is InChI=1S/C14H21BrClN3/c1-2-7-19(10-11-3-5-17-6-4-11)14-13(15)8-12(16)9-18-14/h8-9,11,17H,2-7,10H2,1H3. The molecule has 1 aliphatic heterocycles. The van der Waals surface area contributed by atoms with E-state index >= 15 is 0 Å². The van der Waals surface area contributed by atoms with E-state index in [9.17, 15) is 0 Å². The number of nitrogens with one attached hydrogen (secondary N) is 1. The van der Waals surface area contributed by atoms with Crippen molar-refractivity contribution < 1.29 is 0 Å². The lowest BCUT2D eigenvalue weighted by Crippen LogP contribution is -2.37. The van der Waals surface area contributed by atoms with Gasteiger partial charge in [-0.1, -0.05) is 18.5 Å². The van der Waals surface area contributed by atoms with Gasteiger partial charge in [-0.2, -0.15) is 0 Å². The van der Waals surface area contributed by atoms with Gasteiger partial charge >= 0.3 is 0 Å². The van der Waals surface area contributed by atoms with Crippen LogP contribution in [0.25, 0.3) is 0 Å². The van der Waals surface area contributed by atoms with E-state index in [1.807, 2.05) is 6.07 Å². The smallest absolute Gasteiger partial charge is 0.142 e. The summed E-state index contributed by atoms with van der Waals surface area (Å²) in [4.78, 5) is 6.88. The molecule has 1 aromatic heterocycles. The monoisotopic (exact) mass is 345 g/mol. The van der Waals surface area contributed by atoms with E-state index in [2.05, 4.69) is 38.1 Å². The van der Waals surface area contributed by atoms with Crippen LogP contribution in [-0.2, 0) is 0 Å². The summed E-state index contributed by atoms with van der Waals surface area (Å²) in [6, 6.07) is 1.93. The highest BCUT2D eigenvalue weighted by molar-refractivity contribution is 9.10. The number of hydrogen-bond acceptors (Lipinski definition) is 3. The number of aromatic nitrogens is 1. The van der Waals surface area contributed by atoms with E-state index < -0.39 is 0 Å². The second kappa shape index (κ2) is 7.46. The van der Waals surface area contributed by atoms with Crippen molar-refractivity contribution in [3.05, 3.63) is 21.8 Å². The minimum Gasteiger partial charge on any atom is -0.355 e. The first-order valence-electron chi connectivity index (χ1n) is 6.97. The molecule has 19 heavy (non-hydrogen) atoms. The largest absolute Gasteiger partial charge is 0.355 e. The molecule has 0 aromatic carbocycles. The van der Waals surface area contributed by atoms with E-state index in [-0.39, 0.29) is 0 Å². The second-order valence-electron chi connectivity index (χ2n) is 5.10. The summed E-state index contributed by atoms with van der Waals surface area (Å²) >= 11 is 9.55. The molecule has 2 heterocycles. The fourth-order valence-corrected chi connectivity index (χ4v) is 3.46. The predicted octanol–water partition coefficient (Wildman–Crippen LogP) is 3.71. The lowest BCUT2D eigenvalue weighted by molar-refractivity contribution is 0.372. The van der Waals surface area contributed by atoms with Crippen LogP contribution in [0.1, 0.15) is 26.2 Å². The van der Waals surface area contributed by atoms with E-state index in [4.69, 9.17) is 11.6 Å². The Labute approximate surface area is 128 Å². The van der Waals surface area contributed by atoms with Crippen molar-refractivity contribution in [1.82, 2.24) is 10.3 Å². The van der Waals surface area contributed by atoms with Gasteiger partial charge in [-0.05, 0) is 60.3 Å². The molecule has 2 rings (SSSR count). The first kappa shape index (κ1) is 15.1. The van der Waals surface area contributed by atoms with E-state index in [1.165, 1.54) is 12.8 Å². The molecule has 1 fully saturated rings. The van der Waals surface area contributed by atoms with E-state index in [0.717, 1.165) is 48.8 Å². The molecule has 0 amide bonds. The Balaban J connectivity index is 2.09. The van der Waals surface area contributed by atoms with Crippen LogP contribution < -0.4 is 10.2 Å². The van der Waals surface area contributed by atoms with Crippen molar-refractivity contribution >= 4 is 33.3 Å². The molecule has 0 unspecified atom stereocenters. The number of hydrogen-bond donors (Lipinski definition) is 1. The summed E-state index contributed by atoms with van der Waals surface area (Å²) in [7, 11) is 0. The summed E-state index contributed by atoms with van der Waals surface area (Å²) in [6.45, 7) is 6.61. The summed E-state index contributed by atoms with van der Waals surface area (Å²) in [5.74, 6) is 1.78. The number of nitrogens with zero attached hydrogens (tertiary/aromatic N) is 2. The summed E-state index contributed by atoms with van der Waals surface area (Å²) in [5.41, 5.74) is 0. The number of halogens is 2. The molecule has 0 aliphatic carbocycles. The Kier molecular flexibility index (Phi) is 5.92. The quantitative estimate of drug-likeness (QED) is 0.881. The van der Waals surface area contributed by atoms with Crippen molar-refractivity contribution in [1.29, 1.82) is 0 Å². The average Bonchev–Trinajstić information content (AvgIpc) is 2.39. The number of rotatable bonds is 5. The molecule has 0 bridgehead atoms. The van der Waals surface area contributed by atoms with Crippen molar-refractivity contribution in [3.8, 4) is 0 Å².